The van der Waals surface area contributed by atoms with Crippen molar-refractivity contribution in [3.05, 3.63) is 37.4 Å². The average Bonchev–Trinajstić information content (AvgIpc) is 2.07. The summed E-state index contributed by atoms with van der Waals surface area (Å²) in [4.78, 5) is 18.7. The molecule has 0 radical (unpaired) electrons. The Hall–Kier alpha value is -1.89. The lowest BCUT2D eigenvalue weighted by Gasteiger charge is -1.97. The Labute approximate surface area is 81.8 Å². The van der Waals surface area contributed by atoms with Crippen LogP contribution in [-0.4, -0.2) is 15.0 Å². The van der Waals surface area contributed by atoms with Crippen molar-refractivity contribution in [1.29, 1.82) is 0 Å². The number of hydrogen-bond acceptors (Lipinski definition) is 5. The number of phenols is 1. The number of hydrogen-bond donors (Lipinski definition) is 1. The number of aromatic hydroxyl groups is 1. The van der Waals surface area contributed by atoms with Crippen molar-refractivity contribution in [3.8, 4) is 5.75 Å². The van der Waals surface area contributed by atoms with E-state index in [1.54, 1.807) is 0 Å². The first-order valence-electron chi connectivity index (χ1n) is 3.24. The molecule has 74 valence electrons. The molecule has 0 bridgehead atoms. The zero-order chi connectivity index (χ0) is 10.9. The molecule has 0 unspecified atom stereocenters. The van der Waals surface area contributed by atoms with E-state index in [2.05, 4.69) is 0 Å². The van der Waals surface area contributed by atoms with Gasteiger partial charge >= 0.3 is 11.4 Å². The molecule has 0 atom stereocenters. The van der Waals surface area contributed by atoms with Gasteiger partial charge in [0, 0.05) is 12.1 Å². The second kappa shape index (κ2) is 3.46. The van der Waals surface area contributed by atoms with Gasteiger partial charge in [-0.3, -0.25) is 20.2 Å². The fourth-order valence-corrected chi connectivity index (χ4v) is 1.06. The molecule has 1 N–H and O–H groups in total. The first-order valence-corrected chi connectivity index (χ1v) is 3.62. The van der Waals surface area contributed by atoms with Crippen molar-refractivity contribution in [3.63, 3.8) is 0 Å². The quantitative estimate of drug-likeness (QED) is 0.602. The molecular formula is C6H3ClN2O5. The molecular weight excluding hydrogens is 216 g/mol. The Bertz CT molecular complexity index is 384. The van der Waals surface area contributed by atoms with Gasteiger partial charge in [-0.1, -0.05) is 11.6 Å². The highest BCUT2D eigenvalue weighted by molar-refractivity contribution is 6.31. The second-order valence-electron chi connectivity index (χ2n) is 2.31. The monoisotopic (exact) mass is 218 g/mol. The molecule has 0 fully saturated rings. The Morgan fingerprint density at radius 3 is 1.79 bits per heavy atom. The summed E-state index contributed by atoms with van der Waals surface area (Å²) in [5.41, 5.74) is -1.58. The number of nitro benzene ring substituents is 2. The number of rotatable bonds is 2. The van der Waals surface area contributed by atoms with E-state index >= 15 is 0 Å². The lowest BCUT2D eigenvalue weighted by atomic mass is 10.2. The van der Waals surface area contributed by atoms with E-state index < -0.39 is 27.0 Å². The average molecular weight is 219 g/mol. The maximum Gasteiger partial charge on any atom is 0.319 e. The van der Waals surface area contributed by atoms with Gasteiger partial charge in [0.25, 0.3) is 5.75 Å². The predicted octanol–water partition coefficient (Wildman–Crippen LogP) is 1.86. The highest BCUT2D eigenvalue weighted by Crippen LogP contribution is 2.37. The molecule has 0 saturated carbocycles. The lowest BCUT2D eigenvalue weighted by Crippen LogP contribution is -1.94. The molecule has 8 heteroatoms. The fraction of sp³-hybridized carbons (Fsp3) is 0. The molecule has 7 nitrogen and oxygen atoms in total. The molecule has 0 aromatic heterocycles. The molecule has 1 aromatic carbocycles. The van der Waals surface area contributed by atoms with Gasteiger partial charge in [-0.25, -0.2) is 0 Å². The Kier molecular flexibility index (Phi) is 2.52. The molecule has 0 aliphatic carbocycles. The first-order chi connectivity index (χ1) is 6.43. The minimum absolute atomic E-state index is 0.179. The van der Waals surface area contributed by atoms with Gasteiger partial charge in [-0.2, -0.15) is 0 Å². The number of nitro groups is 2. The molecule has 1 aromatic rings. The first kappa shape index (κ1) is 10.2. The summed E-state index contributed by atoms with van der Waals surface area (Å²) in [5, 5.41) is 29.6. The van der Waals surface area contributed by atoms with Crippen molar-refractivity contribution in [2.45, 2.75) is 0 Å². The third-order valence-electron chi connectivity index (χ3n) is 1.43. The van der Waals surface area contributed by atoms with Crippen LogP contribution in [0.2, 0.25) is 5.02 Å². The van der Waals surface area contributed by atoms with Gasteiger partial charge in [-0.05, 0) is 0 Å². The van der Waals surface area contributed by atoms with Crippen LogP contribution < -0.4 is 0 Å². The Morgan fingerprint density at radius 1 is 1.14 bits per heavy atom. The van der Waals surface area contributed by atoms with Gasteiger partial charge in [0.05, 0.1) is 14.9 Å². The van der Waals surface area contributed by atoms with Crippen LogP contribution in [0.25, 0.3) is 0 Å². The summed E-state index contributed by atoms with van der Waals surface area (Å²) in [6.45, 7) is 0. The van der Waals surface area contributed by atoms with Gasteiger partial charge < -0.3 is 5.11 Å². The lowest BCUT2D eigenvalue weighted by molar-refractivity contribution is -0.396. The van der Waals surface area contributed by atoms with Crippen molar-refractivity contribution in [2.24, 2.45) is 0 Å². The highest BCUT2D eigenvalue weighted by atomic mass is 35.5. The van der Waals surface area contributed by atoms with Gasteiger partial charge in [-0.15, -0.1) is 0 Å². The second-order valence-corrected chi connectivity index (χ2v) is 2.74. The third kappa shape index (κ3) is 1.72. The standard InChI is InChI=1S/C6H3ClN2O5/c7-3-1-4(8(11)12)6(10)5(2-3)9(13)14/h1-2,10H. The molecule has 0 heterocycles. The van der Waals surface area contributed by atoms with Crippen molar-refractivity contribution in [2.75, 3.05) is 0 Å². The predicted molar refractivity (Wildman–Crippen MR) is 46.4 cm³/mol. The molecule has 0 saturated heterocycles. The maximum atomic E-state index is 10.3. The van der Waals surface area contributed by atoms with Crippen LogP contribution in [0.3, 0.4) is 0 Å². The smallest absolute Gasteiger partial charge is 0.319 e. The molecule has 0 aliphatic rings. The minimum atomic E-state index is -0.996. The van der Waals surface area contributed by atoms with Crippen LogP contribution in [0, 0.1) is 20.2 Å². The number of halogens is 1. The number of benzene rings is 1. The SMILES string of the molecule is O=[N+]([O-])c1cc(Cl)cc([N+](=O)[O-])c1O. The van der Waals surface area contributed by atoms with Crippen LogP contribution in [0.15, 0.2) is 12.1 Å². The molecule has 0 spiro atoms. The zero-order valence-corrected chi connectivity index (χ0v) is 7.26. The van der Waals surface area contributed by atoms with E-state index in [-0.39, 0.29) is 5.02 Å². The molecule has 1 rings (SSSR count). The van der Waals surface area contributed by atoms with Crippen molar-refractivity contribution >= 4 is 23.0 Å². The molecule has 0 aliphatic heterocycles. The minimum Gasteiger partial charge on any atom is -0.497 e. The Morgan fingerprint density at radius 2 is 1.50 bits per heavy atom. The van der Waals surface area contributed by atoms with E-state index in [1.807, 2.05) is 0 Å². The fourth-order valence-electron chi connectivity index (χ4n) is 0.849. The molecule has 0 amide bonds. The Balaban J connectivity index is 3.47. The number of nitrogens with zero attached hydrogens (tertiary/aromatic N) is 2. The van der Waals surface area contributed by atoms with Crippen LogP contribution in [0.1, 0.15) is 0 Å². The van der Waals surface area contributed by atoms with Gasteiger partial charge in [0.2, 0.25) is 0 Å². The molecule has 14 heavy (non-hydrogen) atoms. The third-order valence-corrected chi connectivity index (χ3v) is 1.65. The summed E-state index contributed by atoms with van der Waals surface area (Å²) in [6.07, 6.45) is 0. The van der Waals surface area contributed by atoms with Crippen LogP contribution >= 0.6 is 11.6 Å². The van der Waals surface area contributed by atoms with Gasteiger partial charge in [0.1, 0.15) is 0 Å². The van der Waals surface area contributed by atoms with Crippen LogP contribution in [0.4, 0.5) is 11.4 Å². The normalized spacial score (nSPS) is 9.79. The topological polar surface area (TPSA) is 107 Å². The summed E-state index contributed by atoms with van der Waals surface area (Å²) in [5.74, 6) is -0.996. The summed E-state index contributed by atoms with van der Waals surface area (Å²) in [6, 6.07) is 1.67. The van der Waals surface area contributed by atoms with E-state index in [0.29, 0.717) is 0 Å². The zero-order valence-electron chi connectivity index (χ0n) is 6.51. The number of phenolic OH excluding ortho intramolecular Hbond substituents is 1. The summed E-state index contributed by atoms with van der Waals surface area (Å²) in [7, 11) is 0. The van der Waals surface area contributed by atoms with Crippen molar-refractivity contribution < 1.29 is 15.0 Å². The summed E-state index contributed by atoms with van der Waals surface area (Å²) < 4.78 is 0. The van der Waals surface area contributed by atoms with Crippen LogP contribution in [0.5, 0.6) is 5.75 Å². The van der Waals surface area contributed by atoms with Crippen LogP contribution in [-0.2, 0) is 0 Å². The van der Waals surface area contributed by atoms with Crippen molar-refractivity contribution in [1.82, 2.24) is 0 Å². The van der Waals surface area contributed by atoms with Gasteiger partial charge in [0.15, 0.2) is 0 Å². The van der Waals surface area contributed by atoms with E-state index in [1.165, 1.54) is 0 Å². The highest BCUT2D eigenvalue weighted by Gasteiger charge is 2.25. The van der Waals surface area contributed by atoms with E-state index in [4.69, 9.17) is 16.7 Å². The maximum absolute atomic E-state index is 10.3. The summed E-state index contributed by atoms with van der Waals surface area (Å²) >= 11 is 5.39. The van der Waals surface area contributed by atoms with E-state index in [9.17, 15) is 20.2 Å². The van der Waals surface area contributed by atoms with E-state index in [0.717, 1.165) is 12.1 Å². The largest absolute Gasteiger partial charge is 0.497 e.